The number of aromatic amines is 1. The van der Waals surface area contributed by atoms with Crippen LogP contribution in [0.25, 0.3) is 10.2 Å². The van der Waals surface area contributed by atoms with E-state index < -0.39 is 0 Å². The maximum atomic E-state index is 11.3. The van der Waals surface area contributed by atoms with Crippen LogP contribution < -0.4 is 10.2 Å². The van der Waals surface area contributed by atoms with Crippen LogP contribution in [-0.4, -0.2) is 17.1 Å². The Balaban J connectivity index is 1.78. The van der Waals surface area contributed by atoms with E-state index in [1.54, 1.807) is 0 Å². The molecule has 0 aliphatic carbocycles. The van der Waals surface area contributed by atoms with Crippen LogP contribution in [0.3, 0.4) is 0 Å². The molecule has 0 radical (unpaired) electrons. The first-order chi connectivity index (χ1) is 8.29. The van der Waals surface area contributed by atoms with Gasteiger partial charge in [0, 0.05) is 18.0 Å². The van der Waals surface area contributed by atoms with Crippen molar-refractivity contribution in [1.82, 2.24) is 10.3 Å². The van der Waals surface area contributed by atoms with Gasteiger partial charge >= 0.3 is 4.87 Å². The second-order valence-corrected chi connectivity index (χ2v) is 6.17. The summed E-state index contributed by atoms with van der Waals surface area (Å²) in [5.74, 6) is 0.648. The highest BCUT2D eigenvalue weighted by Crippen LogP contribution is 2.40. The predicted molar refractivity (Wildman–Crippen MR) is 69.7 cm³/mol. The maximum absolute atomic E-state index is 11.3. The lowest BCUT2D eigenvalue weighted by atomic mass is 9.84. The molecule has 0 spiro atoms. The van der Waals surface area contributed by atoms with Gasteiger partial charge in [-0.2, -0.15) is 0 Å². The summed E-state index contributed by atoms with van der Waals surface area (Å²) in [6, 6.07) is 7.82. The average Bonchev–Trinajstić information content (AvgIpc) is 3.00. The van der Waals surface area contributed by atoms with Crippen molar-refractivity contribution in [2.45, 2.75) is 37.3 Å². The molecule has 3 unspecified atom stereocenters. The molecule has 4 rings (SSSR count). The van der Waals surface area contributed by atoms with Gasteiger partial charge in [-0.1, -0.05) is 17.4 Å². The van der Waals surface area contributed by atoms with E-state index in [2.05, 4.69) is 28.5 Å². The number of aromatic nitrogens is 1. The van der Waals surface area contributed by atoms with Crippen LogP contribution in [-0.2, 0) is 0 Å². The molecule has 88 valence electrons. The Morgan fingerprint density at radius 1 is 1.29 bits per heavy atom. The molecule has 2 aromatic rings. The molecular formula is C13H14N2OS. The van der Waals surface area contributed by atoms with E-state index in [9.17, 15) is 4.79 Å². The van der Waals surface area contributed by atoms with Gasteiger partial charge in [0.05, 0.1) is 10.2 Å². The molecule has 1 aromatic carbocycles. The Kier molecular flexibility index (Phi) is 1.99. The average molecular weight is 246 g/mol. The minimum absolute atomic E-state index is 0.0446. The minimum Gasteiger partial charge on any atom is -0.312 e. The highest BCUT2D eigenvalue weighted by molar-refractivity contribution is 7.16. The molecule has 2 N–H and O–H groups in total. The van der Waals surface area contributed by atoms with Crippen LogP contribution >= 0.6 is 11.3 Å². The van der Waals surface area contributed by atoms with E-state index in [-0.39, 0.29) is 4.87 Å². The standard InChI is InChI=1S/C13H14N2OS/c16-13-15-11-3-1-7(5-12(11)17-13)9-6-8-2-4-10(9)14-8/h1,3,5,8-10,14H,2,4,6H2,(H,15,16). The summed E-state index contributed by atoms with van der Waals surface area (Å²) in [5.41, 5.74) is 2.37. The largest absolute Gasteiger partial charge is 0.312 e. The fourth-order valence-corrected chi connectivity index (χ4v) is 4.17. The third kappa shape index (κ3) is 1.47. The molecule has 0 amide bonds. The molecule has 17 heavy (non-hydrogen) atoms. The Hall–Kier alpha value is -1.13. The highest BCUT2D eigenvalue weighted by Gasteiger charge is 2.39. The zero-order valence-corrected chi connectivity index (χ0v) is 10.2. The fourth-order valence-electron chi connectivity index (χ4n) is 3.39. The molecule has 1 aromatic heterocycles. The highest BCUT2D eigenvalue weighted by atomic mass is 32.1. The Morgan fingerprint density at radius 2 is 2.24 bits per heavy atom. The van der Waals surface area contributed by atoms with E-state index >= 15 is 0 Å². The summed E-state index contributed by atoms with van der Waals surface area (Å²) in [6.07, 6.45) is 3.90. The molecule has 3 heterocycles. The van der Waals surface area contributed by atoms with Crippen molar-refractivity contribution in [3.8, 4) is 0 Å². The van der Waals surface area contributed by atoms with Gasteiger partial charge in [0.25, 0.3) is 0 Å². The van der Waals surface area contributed by atoms with Gasteiger partial charge in [0.2, 0.25) is 0 Å². The monoisotopic (exact) mass is 246 g/mol. The summed E-state index contributed by atoms with van der Waals surface area (Å²) in [6.45, 7) is 0. The number of rotatable bonds is 1. The van der Waals surface area contributed by atoms with E-state index in [0.717, 1.165) is 16.3 Å². The van der Waals surface area contributed by atoms with Crippen molar-refractivity contribution >= 4 is 21.6 Å². The summed E-state index contributed by atoms with van der Waals surface area (Å²) < 4.78 is 1.09. The van der Waals surface area contributed by atoms with Gasteiger partial charge in [0.1, 0.15) is 0 Å². The predicted octanol–water partition coefficient (Wildman–Crippen LogP) is 2.20. The van der Waals surface area contributed by atoms with Crippen LogP contribution in [0.2, 0.25) is 0 Å². The van der Waals surface area contributed by atoms with Crippen LogP contribution in [0.1, 0.15) is 30.7 Å². The topological polar surface area (TPSA) is 44.9 Å². The third-order valence-electron chi connectivity index (χ3n) is 4.17. The fraction of sp³-hybridized carbons (Fsp3) is 0.462. The van der Waals surface area contributed by atoms with Crippen molar-refractivity contribution in [3.05, 3.63) is 33.4 Å². The lowest BCUT2D eigenvalue weighted by Crippen LogP contribution is -2.21. The molecular weight excluding hydrogens is 232 g/mol. The summed E-state index contributed by atoms with van der Waals surface area (Å²) >= 11 is 1.31. The number of thiazole rings is 1. The number of benzene rings is 1. The van der Waals surface area contributed by atoms with Crippen molar-refractivity contribution in [1.29, 1.82) is 0 Å². The van der Waals surface area contributed by atoms with Crippen molar-refractivity contribution < 1.29 is 0 Å². The molecule has 0 saturated carbocycles. The first-order valence-electron chi connectivity index (χ1n) is 6.18. The van der Waals surface area contributed by atoms with Crippen LogP contribution in [0.15, 0.2) is 23.0 Å². The molecule has 2 aliphatic rings. The second kappa shape index (κ2) is 3.43. The lowest BCUT2D eigenvalue weighted by Gasteiger charge is -2.20. The van der Waals surface area contributed by atoms with Gasteiger partial charge in [-0.05, 0) is 37.0 Å². The van der Waals surface area contributed by atoms with E-state index in [4.69, 9.17) is 0 Å². The van der Waals surface area contributed by atoms with Crippen LogP contribution in [0, 0.1) is 0 Å². The SMILES string of the molecule is O=c1[nH]c2ccc(C3CC4CCC3N4)cc2s1. The third-order valence-corrected chi connectivity index (χ3v) is 5.02. The molecule has 3 atom stereocenters. The normalized spacial score (nSPS) is 31.4. The van der Waals surface area contributed by atoms with Crippen molar-refractivity contribution in [2.75, 3.05) is 0 Å². The van der Waals surface area contributed by atoms with Crippen molar-refractivity contribution in [2.24, 2.45) is 0 Å². The minimum atomic E-state index is 0.0446. The van der Waals surface area contributed by atoms with Crippen LogP contribution in [0.4, 0.5) is 0 Å². The molecule has 2 saturated heterocycles. The Morgan fingerprint density at radius 3 is 3.00 bits per heavy atom. The zero-order chi connectivity index (χ0) is 11.4. The number of hydrogen-bond acceptors (Lipinski definition) is 3. The zero-order valence-electron chi connectivity index (χ0n) is 9.40. The molecule has 3 nitrogen and oxygen atoms in total. The van der Waals surface area contributed by atoms with Crippen LogP contribution in [0.5, 0.6) is 0 Å². The maximum Gasteiger partial charge on any atom is 0.305 e. The van der Waals surface area contributed by atoms with E-state index in [1.807, 2.05) is 0 Å². The first kappa shape index (κ1) is 9.85. The molecule has 4 heteroatoms. The lowest BCUT2D eigenvalue weighted by molar-refractivity contribution is 0.507. The number of H-pyrrole nitrogens is 1. The van der Waals surface area contributed by atoms with Gasteiger partial charge in [0.15, 0.2) is 0 Å². The summed E-state index contributed by atoms with van der Waals surface area (Å²) in [7, 11) is 0. The first-order valence-corrected chi connectivity index (χ1v) is 7.00. The quantitative estimate of drug-likeness (QED) is 0.810. The molecule has 2 aliphatic heterocycles. The molecule has 2 bridgehead atoms. The van der Waals surface area contributed by atoms with Crippen molar-refractivity contribution in [3.63, 3.8) is 0 Å². The number of fused-ring (bicyclic) bond motifs is 3. The second-order valence-electron chi connectivity index (χ2n) is 5.16. The van der Waals surface area contributed by atoms with E-state index in [1.165, 1.54) is 36.2 Å². The van der Waals surface area contributed by atoms with Gasteiger partial charge in [-0.15, -0.1) is 0 Å². The van der Waals surface area contributed by atoms with Gasteiger partial charge in [-0.3, -0.25) is 4.79 Å². The smallest absolute Gasteiger partial charge is 0.305 e. The number of nitrogens with one attached hydrogen (secondary N) is 2. The number of hydrogen-bond donors (Lipinski definition) is 2. The van der Waals surface area contributed by atoms with E-state index in [0.29, 0.717) is 12.0 Å². The van der Waals surface area contributed by atoms with Gasteiger partial charge in [-0.25, -0.2) is 0 Å². The Bertz CT molecular complexity index is 630. The summed E-state index contributed by atoms with van der Waals surface area (Å²) in [5, 5.41) is 3.66. The molecule has 2 fully saturated rings. The Labute approximate surface area is 103 Å². The van der Waals surface area contributed by atoms with Gasteiger partial charge < -0.3 is 10.3 Å². The summed E-state index contributed by atoms with van der Waals surface area (Å²) in [4.78, 5) is 14.2.